The summed E-state index contributed by atoms with van der Waals surface area (Å²) in [7, 11) is 1.28. The summed E-state index contributed by atoms with van der Waals surface area (Å²) in [6.45, 7) is 1.30. The summed E-state index contributed by atoms with van der Waals surface area (Å²) < 4.78 is 14.5. The number of methoxy groups -OCH3 is 1. The smallest absolute Gasteiger partial charge is 0.337 e. The maximum absolute atomic E-state index is 12.3. The van der Waals surface area contributed by atoms with Crippen LogP contribution in [0.3, 0.4) is 0 Å². The Balaban J connectivity index is 1.53. The van der Waals surface area contributed by atoms with Crippen molar-refractivity contribution < 1.29 is 33.2 Å². The monoisotopic (exact) mass is 401 g/mol. The van der Waals surface area contributed by atoms with Gasteiger partial charge in [0.25, 0.3) is 5.91 Å². The summed E-state index contributed by atoms with van der Waals surface area (Å²) in [5.74, 6) is -1.87. The van der Waals surface area contributed by atoms with Crippen LogP contribution in [-0.4, -0.2) is 49.2 Å². The van der Waals surface area contributed by atoms with Crippen LogP contribution in [0, 0.1) is 12.8 Å². The Morgan fingerprint density at radius 1 is 1.28 bits per heavy atom. The number of carbonyl (C=O) groups excluding carboxylic acids is 4. The second-order valence-electron chi connectivity index (χ2n) is 6.42. The number of aromatic nitrogens is 1. The van der Waals surface area contributed by atoms with E-state index in [1.807, 2.05) is 0 Å². The van der Waals surface area contributed by atoms with E-state index < -0.39 is 30.4 Å². The molecule has 1 fully saturated rings. The van der Waals surface area contributed by atoms with Gasteiger partial charge in [-0.1, -0.05) is 5.16 Å². The van der Waals surface area contributed by atoms with Gasteiger partial charge in [-0.05, 0) is 31.2 Å². The van der Waals surface area contributed by atoms with Gasteiger partial charge >= 0.3 is 11.9 Å². The van der Waals surface area contributed by atoms with Crippen LogP contribution in [0.1, 0.15) is 22.5 Å². The highest BCUT2D eigenvalue weighted by atomic mass is 16.5. The highest BCUT2D eigenvalue weighted by Crippen LogP contribution is 2.26. The molecule has 2 heterocycles. The number of carbonyl (C=O) groups is 4. The van der Waals surface area contributed by atoms with Gasteiger partial charge in [0, 0.05) is 24.7 Å². The van der Waals surface area contributed by atoms with Gasteiger partial charge < -0.3 is 24.2 Å². The zero-order valence-corrected chi connectivity index (χ0v) is 15.8. The van der Waals surface area contributed by atoms with Crippen molar-refractivity contribution in [2.24, 2.45) is 5.92 Å². The number of anilines is 2. The molecule has 0 unspecified atom stereocenters. The van der Waals surface area contributed by atoms with Gasteiger partial charge in [0.2, 0.25) is 5.91 Å². The predicted molar refractivity (Wildman–Crippen MR) is 99.1 cm³/mol. The Morgan fingerprint density at radius 3 is 2.62 bits per heavy atom. The molecule has 0 radical (unpaired) electrons. The van der Waals surface area contributed by atoms with Crippen molar-refractivity contribution in [2.45, 2.75) is 13.3 Å². The largest absolute Gasteiger partial charge is 0.465 e. The summed E-state index contributed by atoms with van der Waals surface area (Å²) in [6.07, 6.45) is -0.0261. The lowest BCUT2D eigenvalue weighted by Crippen LogP contribution is -2.28. The van der Waals surface area contributed by atoms with Crippen LogP contribution in [0.15, 0.2) is 34.9 Å². The fraction of sp³-hybridized carbons (Fsp3) is 0.316. The SMILES string of the molecule is COC(=O)c1ccc(N2C[C@H](C(=O)OCC(=O)Nc3cc(C)on3)CC2=O)cc1. The van der Waals surface area contributed by atoms with Gasteiger partial charge in [0.1, 0.15) is 5.76 Å². The highest BCUT2D eigenvalue weighted by Gasteiger charge is 2.36. The van der Waals surface area contributed by atoms with Gasteiger partial charge in [-0.15, -0.1) is 0 Å². The van der Waals surface area contributed by atoms with Gasteiger partial charge in [-0.2, -0.15) is 0 Å². The van der Waals surface area contributed by atoms with Gasteiger partial charge in [-0.25, -0.2) is 4.79 Å². The molecule has 0 spiro atoms. The van der Waals surface area contributed by atoms with E-state index in [1.54, 1.807) is 19.1 Å². The standard InChI is InChI=1S/C19H19N3O7/c1-11-7-15(21-29-11)20-16(23)10-28-19(26)13-8-17(24)22(9-13)14-5-3-12(4-6-14)18(25)27-2/h3-7,13H,8-10H2,1-2H3,(H,20,21,23)/t13-/m1/s1. The first-order valence-electron chi connectivity index (χ1n) is 8.76. The number of benzene rings is 1. The molecule has 1 aliphatic heterocycles. The molecular formula is C19H19N3O7. The third-order valence-corrected chi connectivity index (χ3v) is 4.30. The first-order valence-corrected chi connectivity index (χ1v) is 8.76. The second kappa shape index (κ2) is 8.55. The Labute approximate surface area is 165 Å². The fourth-order valence-corrected chi connectivity index (χ4v) is 2.87. The third kappa shape index (κ3) is 4.78. The Bertz CT molecular complexity index is 936. The molecule has 0 saturated carbocycles. The van der Waals surface area contributed by atoms with E-state index >= 15 is 0 Å². The molecule has 0 aliphatic carbocycles. The van der Waals surface area contributed by atoms with Gasteiger partial charge in [-0.3, -0.25) is 14.4 Å². The van der Waals surface area contributed by atoms with Crippen LogP contribution < -0.4 is 10.2 Å². The molecule has 1 aromatic heterocycles. The average Bonchev–Trinajstić information content (AvgIpc) is 3.31. The minimum Gasteiger partial charge on any atom is -0.465 e. The topological polar surface area (TPSA) is 128 Å². The van der Waals surface area contributed by atoms with Crippen molar-refractivity contribution in [1.29, 1.82) is 0 Å². The van der Waals surface area contributed by atoms with E-state index in [-0.39, 0.29) is 24.7 Å². The Kier molecular flexibility index (Phi) is 5.91. The molecular weight excluding hydrogens is 382 g/mol. The lowest BCUT2D eigenvalue weighted by molar-refractivity contribution is -0.151. The van der Waals surface area contributed by atoms with Crippen LogP contribution in [-0.2, 0) is 23.9 Å². The number of aryl methyl sites for hydroxylation is 1. The zero-order valence-electron chi connectivity index (χ0n) is 15.8. The van der Waals surface area contributed by atoms with Crippen LogP contribution in [0.5, 0.6) is 0 Å². The molecule has 1 aliphatic rings. The molecule has 152 valence electrons. The number of rotatable bonds is 6. The lowest BCUT2D eigenvalue weighted by atomic mass is 10.1. The summed E-state index contributed by atoms with van der Waals surface area (Å²) >= 11 is 0. The molecule has 1 atom stereocenters. The maximum Gasteiger partial charge on any atom is 0.337 e. The number of esters is 2. The van der Waals surface area contributed by atoms with Crippen LogP contribution in [0.25, 0.3) is 0 Å². The van der Waals surface area contributed by atoms with E-state index in [1.165, 1.54) is 30.2 Å². The molecule has 1 N–H and O–H groups in total. The number of nitrogens with one attached hydrogen (secondary N) is 1. The number of amides is 2. The Morgan fingerprint density at radius 2 is 2.00 bits per heavy atom. The molecule has 0 bridgehead atoms. The summed E-state index contributed by atoms with van der Waals surface area (Å²) in [4.78, 5) is 49.3. The molecule has 1 aromatic carbocycles. The predicted octanol–water partition coefficient (Wildman–Crippen LogP) is 1.30. The summed E-state index contributed by atoms with van der Waals surface area (Å²) in [6, 6.07) is 7.81. The van der Waals surface area contributed by atoms with Crippen molar-refractivity contribution >= 4 is 35.3 Å². The molecule has 1 saturated heterocycles. The highest BCUT2D eigenvalue weighted by molar-refractivity contribution is 6.00. The molecule has 29 heavy (non-hydrogen) atoms. The van der Waals surface area contributed by atoms with Crippen LogP contribution in [0.4, 0.5) is 11.5 Å². The normalized spacial score (nSPS) is 15.9. The maximum atomic E-state index is 12.3. The van der Waals surface area contributed by atoms with Crippen molar-refractivity contribution in [3.8, 4) is 0 Å². The number of hydrogen-bond acceptors (Lipinski definition) is 8. The van der Waals surface area contributed by atoms with E-state index in [9.17, 15) is 19.2 Å². The first-order chi connectivity index (χ1) is 13.9. The van der Waals surface area contributed by atoms with Crippen molar-refractivity contribution in [3.63, 3.8) is 0 Å². The van der Waals surface area contributed by atoms with Crippen LogP contribution in [0.2, 0.25) is 0 Å². The molecule has 10 nitrogen and oxygen atoms in total. The van der Waals surface area contributed by atoms with Crippen molar-refractivity contribution in [1.82, 2.24) is 5.16 Å². The summed E-state index contributed by atoms with van der Waals surface area (Å²) in [5.41, 5.74) is 0.907. The van der Waals surface area contributed by atoms with E-state index in [0.717, 1.165) is 0 Å². The van der Waals surface area contributed by atoms with Gasteiger partial charge in [0.15, 0.2) is 12.4 Å². The minimum absolute atomic E-state index is 0.0261. The zero-order chi connectivity index (χ0) is 21.0. The Hall–Kier alpha value is -3.69. The molecule has 10 heteroatoms. The van der Waals surface area contributed by atoms with Crippen molar-refractivity contribution in [3.05, 3.63) is 41.7 Å². The fourth-order valence-electron chi connectivity index (χ4n) is 2.87. The number of nitrogens with zero attached hydrogens (tertiary/aromatic N) is 2. The van der Waals surface area contributed by atoms with Crippen LogP contribution >= 0.6 is 0 Å². The lowest BCUT2D eigenvalue weighted by Gasteiger charge is -2.16. The molecule has 3 rings (SSSR count). The first kappa shape index (κ1) is 20.1. The molecule has 2 amide bonds. The minimum atomic E-state index is -0.690. The quantitative estimate of drug-likeness (QED) is 0.718. The third-order valence-electron chi connectivity index (χ3n) is 4.30. The summed E-state index contributed by atoms with van der Waals surface area (Å²) in [5, 5.41) is 6.04. The molecule has 2 aromatic rings. The van der Waals surface area contributed by atoms with Crippen molar-refractivity contribution in [2.75, 3.05) is 30.5 Å². The number of ether oxygens (including phenoxy) is 2. The number of hydrogen-bond donors (Lipinski definition) is 1. The van der Waals surface area contributed by atoms with E-state index in [2.05, 4.69) is 15.2 Å². The second-order valence-corrected chi connectivity index (χ2v) is 6.42. The van der Waals surface area contributed by atoms with E-state index in [0.29, 0.717) is 17.0 Å². The van der Waals surface area contributed by atoms with Gasteiger partial charge in [0.05, 0.1) is 18.6 Å². The van der Waals surface area contributed by atoms with E-state index in [4.69, 9.17) is 9.26 Å². The average molecular weight is 401 g/mol.